The largest absolute Gasteiger partial charge is 0.760 e. The van der Waals surface area contributed by atoms with E-state index in [0.717, 1.165) is 11.1 Å². The second-order valence-corrected chi connectivity index (χ2v) is 9.05. The maximum atomic E-state index is 12.2. The quantitative estimate of drug-likeness (QED) is 0.529. The fourth-order valence-corrected chi connectivity index (χ4v) is 3.36. The number of halogens is 1. The fourth-order valence-electron chi connectivity index (χ4n) is 2.84. The first-order valence-corrected chi connectivity index (χ1v) is 10.9. The number of rotatable bonds is 8. The molecule has 0 aliphatic carbocycles. The molecule has 2 amide bonds. The van der Waals surface area contributed by atoms with Gasteiger partial charge >= 0.3 is 6.03 Å². The highest BCUT2D eigenvalue weighted by Gasteiger charge is 2.13. The molecule has 1 unspecified atom stereocenters. The van der Waals surface area contributed by atoms with Crippen molar-refractivity contribution < 1.29 is 13.6 Å². The molecule has 0 aromatic heterocycles. The Labute approximate surface area is 185 Å². The fraction of sp³-hybridized carbons (Fsp3) is 0.318. The van der Waals surface area contributed by atoms with Gasteiger partial charge in [-0.15, -0.1) is 0 Å². The lowest BCUT2D eigenvalue weighted by molar-refractivity contribution is 0.240. The third-order valence-electron chi connectivity index (χ3n) is 4.62. The molecule has 0 saturated heterocycles. The van der Waals surface area contributed by atoms with Crippen molar-refractivity contribution in [1.82, 2.24) is 15.4 Å². The van der Waals surface area contributed by atoms with Crippen molar-refractivity contribution in [3.63, 3.8) is 0 Å². The van der Waals surface area contributed by atoms with Crippen LogP contribution < -0.4 is 15.4 Å². The predicted molar refractivity (Wildman–Crippen MR) is 122 cm³/mol. The molecule has 162 valence electrons. The average molecular weight is 449 g/mol. The van der Waals surface area contributed by atoms with E-state index < -0.39 is 11.3 Å². The van der Waals surface area contributed by atoms with Crippen molar-refractivity contribution in [3.8, 4) is 0 Å². The van der Waals surface area contributed by atoms with Crippen LogP contribution in [0.3, 0.4) is 0 Å². The van der Waals surface area contributed by atoms with Gasteiger partial charge in [0.15, 0.2) is 0 Å². The maximum absolute atomic E-state index is 12.2. The van der Waals surface area contributed by atoms with Crippen molar-refractivity contribution in [2.24, 2.45) is 0 Å². The van der Waals surface area contributed by atoms with Crippen molar-refractivity contribution in [1.29, 1.82) is 0 Å². The minimum absolute atomic E-state index is 0.0879. The van der Waals surface area contributed by atoms with Crippen molar-refractivity contribution in [2.75, 3.05) is 0 Å². The molecule has 2 aromatic carbocycles. The van der Waals surface area contributed by atoms with Crippen LogP contribution in [0, 0.1) is 0 Å². The van der Waals surface area contributed by atoms with Gasteiger partial charge < -0.3 is 15.2 Å². The second kappa shape index (κ2) is 10.7. The molecule has 1 atom stereocenters. The summed E-state index contributed by atoms with van der Waals surface area (Å²) in [6, 6.07) is 11.3. The van der Waals surface area contributed by atoms with Gasteiger partial charge in [0.25, 0.3) is 0 Å². The summed E-state index contributed by atoms with van der Waals surface area (Å²) in [5.74, 6) is 0. The van der Waals surface area contributed by atoms with Crippen molar-refractivity contribution >= 4 is 35.0 Å². The summed E-state index contributed by atoms with van der Waals surface area (Å²) in [5, 5.41) is 6.05. The summed E-state index contributed by atoms with van der Waals surface area (Å²) in [5.41, 5.74) is 4.49. The minimum Gasteiger partial charge on any atom is -0.760 e. The van der Waals surface area contributed by atoms with E-state index in [2.05, 4.69) is 54.8 Å². The number of hydrogen-bond acceptors (Lipinski definition) is 3. The molecular weight excluding hydrogens is 422 g/mol. The SMILES string of the molecule is C=Cc1cc(CNC(=O)NCc2ccc(C(C)(C)C)cc2)c(Cl)cc1CNS(=O)[O-]. The van der Waals surface area contributed by atoms with Crippen LogP contribution in [0.5, 0.6) is 0 Å². The van der Waals surface area contributed by atoms with Gasteiger partial charge in [0.05, 0.1) is 0 Å². The molecule has 6 nitrogen and oxygen atoms in total. The van der Waals surface area contributed by atoms with E-state index in [1.165, 1.54) is 5.56 Å². The van der Waals surface area contributed by atoms with E-state index in [9.17, 15) is 13.6 Å². The van der Waals surface area contributed by atoms with Crippen LogP contribution in [-0.2, 0) is 36.3 Å². The Morgan fingerprint density at radius 2 is 1.73 bits per heavy atom. The second-order valence-electron chi connectivity index (χ2n) is 7.89. The molecule has 30 heavy (non-hydrogen) atoms. The number of carbonyl (C=O) groups is 1. The van der Waals surface area contributed by atoms with Gasteiger partial charge in [0.1, 0.15) is 0 Å². The van der Waals surface area contributed by atoms with Gasteiger partial charge in [0, 0.05) is 35.9 Å². The summed E-state index contributed by atoms with van der Waals surface area (Å²) < 4.78 is 23.7. The van der Waals surface area contributed by atoms with Gasteiger partial charge in [-0.3, -0.25) is 4.21 Å². The van der Waals surface area contributed by atoms with Crippen molar-refractivity contribution in [2.45, 2.75) is 45.8 Å². The minimum atomic E-state index is -2.36. The predicted octanol–water partition coefficient (Wildman–Crippen LogP) is 4.16. The standard InChI is InChI=1S/C22H28ClN3O3S/c1-5-16-10-18(20(23)11-17(16)14-26-30(28)29)13-25-21(27)24-12-15-6-8-19(9-7-15)22(2,3)4/h5-11,26H,1,12-14H2,2-4H3,(H,28,29)(H2,24,25,27)/p-1. The van der Waals surface area contributed by atoms with Crippen LogP contribution in [-0.4, -0.2) is 14.8 Å². The molecule has 0 bridgehead atoms. The first-order chi connectivity index (χ1) is 14.1. The zero-order valence-corrected chi connectivity index (χ0v) is 19.0. The summed E-state index contributed by atoms with van der Waals surface area (Å²) in [4.78, 5) is 12.2. The van der Waals surface area contributed by atoms with E-state index in [4.69, 9.17) is 11.6 Å². The van der Waals surface area contributed by atoms with Gasteiger partial charge in [-0.05, 0) is 45.4 Å². The summed E-state index contributed by atoms with van der Waals surface area (Å²) in [6.07, 6.45) is 1.62. The van der Waals surface area contributed by atoms with Crippen LogP contribution in [0.15, 0.2) is 43.0 Å². The van der Waals surface area contributed by atoms with Crippen LogP contribution in [0.1, 0.15) is 48.6 Å². The van der Waals surface area contributed by atoms with Crippen molar-refractivity contribution in [3.05, 3.63) is 75.8 Å². The Hall–Kier alpha value is -2.19. The Balaban J connectivity index is 1.92. The number of carbonyl (C=O) groups excluding carboxylic acids is 1. The normalized spacial score (nSPS) is 12.3. The van der Waals surface area contributed by atoms with Gasteiger partial charge in [-0.25, -0.2) is 9.52 Å². The molecule has 3 N–H and O–H groups in total. The molecule has 0 radical (unpaired) electrons. The Morgan fingerprint density at radius 1 is 1.10 bits per heavy atom. The molecular formula is C22H27ClN3O3S-. The summed E-state index contributed by atoms with van der Waals surface area (Å²) >= 11 is 3.93. The highest BCUT2D eigenvalue weighted by atomic mass is 35.5. The van der Waals surface area contributed by atoms with Crippen LogP contribution in [0.25, 0.3) is 6.08 Å². The third-order valence-corrected chi connectivity index (χ3v) is 5.35. The van der Waals surface area contributed by atoms with Crippen LogP contribution >= 0.6 is 11.6 Å². The lowest BCUT2D eigenvalue weighted by Crippen LogP contribution is -2.34. The topological polar surface area (TPSA) is 93.3 Å². The van der Waals surface area contributed by atoms with E-state index in [0.29, 0.717) is 22.7 Å². The van der Waals surface area contributed by atoms with E-state index >= 15 is 0 Å². The Morgan fingerprint density at radius 3 is 2.30 bits per heavy atom. The van der Waals surface area contributed by atoms with Gasteiger partial charge in [-0.1, -0.05) is 69.3 Å². The third kappa shape index (κ3) is 7.25. The number of hydrogen-bond donors (Lipinski definition) is 3. The monoisotopic (exact) mass is 448 g/mol. The highest BCUT2D eigenvalue weighted by molar-refractivity contribution is 7.77. The average Bonchev–Trinajstić information content (AvgIpc) is 2.69. The molecule has 8 heteroatoms. The molecule has 0 heterocycles. The zero-order chi connectivity index (χ0) is 22.3. The zero-order valence-electron chi connectivity index (χ0n) is 17.4. The molecule has 0 aliphatic heterocycles. The lowest BCUT2D eigenvalue weighted by atomic mass is 9.87. The molecule has 2 aromatic rings. The lowest BCUT2D eigenvalue weighted by Gasteiger charge is -2.19. The summed E-state index contributed by atoms with van der Waals surface area (Å²) in [6.45, 7) is 11.0. The van der Waals surface area contributed by atoms with Crippen LogP contribution in [0.4, 0.5) is 4.79 Å². The number of benzene rings is 2. The molecule has 0 aliphatic rings. The summed E-state index contributed by atoms with van der Waals surface area (Å²) in [7, 11) is 0. The number of amides is 2. The van der Waals surface area contributed by atoms with E-state index in [1.54, 1.807) is 18.2 Å². The van der Waals surface area contributed by atoms with Gasteiger partial charge in [-0.2, -0.15) is 0 Å². The molecule has 0 saturated carbocycles. The number of urea groups is 1. The highest BCUT2D eigenvalue weighted by Crippen LogP contribution is 2.23. The van der Waals surface area contributed by atoms with Crippen LogP contribution in [0.2, 0.25) is 5.02 Å². The number of nitrogens with one attached hydrogen (secondary N) is 3. The Kier molecular flexibility index (Phi) is 8.61. The van der Waals surface area contributed by atoms with E-state index in [1.807, 2.05) is 12.1 Å². The first-order valence-electron chi connectivity index (χ1n) is 9.47. The van der Waals surface area contributed by atoms with Gasteiger partial charge in [0.2, 0.25) is 0 Å². The smallest absolute Gasteiger partial charge is 0.315 e. The Bertz CT molecular complexity index is 924. The first kappa shape index (κ1) is 24.1. The molecule has 0 fully saturated rings. The van der Waals surface area contributed by atoms with E-state index in [-0.39, 0.29) is 24.5 Å². The molecule has 2 rings (SSSR count). The maximum Gasteiger partial charge on any atom is 0.315 e. The molecule has 0 spiro atoms.